The second kappa shape index (κ2) is 7.58. The van der Waals surface area contributed by atoms with Crippen molar-refractivity contribution in [1.29, 1.82) is 0 Å². The molecule has 0 saturated heterocycles. The molecule has 0 radical (unpaired) electrons. The average Bonchev–Trinajstić information content (AvgIpc) is 3.04. The van der Waals surface area contributed by atoms with Crippen molar-refractivity contribution in [3.8, 4) is 0 Å². The normalized spacial score (nSPS) is 11.2. The van der Waals surface area contributed by atoms with Crippen molar-refractivity contribution in [3.05, 3.63) is 17.5 Å². The number of aromatic nitrogens is 5. The maximum Gasteiger partial charge on any atom is 0.242 e. The molecule has 0 bridgehead atoms. The van der Waals surface area contributed by atoms with Crippen LogP contribution in [0.15, 0.2) is 9.68 Å². The summed E-state index contributed by atoms with van der Waals surface area (Å²) < 4.78 is 7.03. The van der Waals surface area contributed by atoms with E-state index >= 15 is 0 Å². The molecule has 0 aromatic carbocycles. The molecule has 0 aliphatic rings. The fourth-order valence-electron chi connectivity index (χ4n) is 1.85. The Morgan fingerprint density at radius 2 is 2.09 bits per heavy atom. The minimum absolute atomic E-state index is 0.00763. The van der Waals surface area contributed by atoms with Gasteiger partial charge in [-0.3, -0.25) is 9.36 Å². The van der Waals surface area contributed by atoms with Crippen molar-refractivity contribution >= 4 is 17.7 Å². The fourth-order valence-corrected chi connectivity index (χ4v) is 2.67. The van der Waals surface area contributed by atoms with E-state index in [2.05, 4.69) is 34.2 Å². The van der Waals surface area contributed by atoms with Gasteiger partial charge in [0.25, 0.3) is 0 Å². The summed E-state index contributed by atoms with van der Waals surface area (Å²) in [6, 6.07) is 0. The third-order valence-corrected chi connectivity index (χ3v) is 4.07. The van der Waals surface area contributed by atoms with Crippen LogP contribution >= 0.6 is 11.8 Å². The maximum atomic E-state index is 11.9. The molecular weight excluding hydrogens is 316 g/mol. The Kier molecular flexibility index (Phi) is 5.75. The summed E-state index contributed by atoms with van der Waals surface area (Å²) in [5.41, 5.74) is 0. The summed E-state index contributed by atoms with van der Waals surface area (Å²) in [4.78, 5) is 17.8. The minimum atomic E-state index is -0.00763. The van der Waals surface area contributed by atoms with Gasteiger partial charge in [-0.05, 0) is 12.8 Å². The number of rotatable bonds is 7. The Hall–Kier alpha value is -1.90. The summed E-state index contributed by atoms with van der Waals surface area (Å²) in [7, 11) is 3.45. The Balaban J connectivity index is 2.00. The van der Waals surface area contributed by atoms with Gasteiger partial charge in [0.05, 0.1) is 5.75 Å². The molecule has 126 valence electrons. The molecular formula is C14H22N6O2S. The Bertz CT molecular complexity index is 664. The third kappa shape index (κ3) is 4.78. The van der Waals surface area contributed by atoms with Crippen LogP contribution < -0.4 is 0 Å². The first kappa shape index (κ1) is 17.5. The lowest BCUT2D eigenvalue weighted by Gasteiger charge is -2.12. The molecule has 0 fully saturated rings. The van der Waals surface area contributed by atoms with Gasteiger partial charge in [-0.25, -0.2) is 0 Å². The second-order valence-corrected chi connectivity index (χ2v) is 6.84. The van der Waals surface area contributed by atoms with Crippen molar-refractivity contribution < 1.29 is 9.32 Å². The SMILES string of the molecule is Cc1nnc(SCc2nc(CC(C)C)no2)n1CC(=O)N(C)C. The smallest absolute Gasteiger partial charge is 0.242 e. The molecule has 0 aliphatic heterocycles. The molecule has 0 aliphatic carbocycles. The highest BCUT2D eigenvalue weighted by Gasteiger charge is 2.16. The number of nitrogens with zero attached hydrogens (tertiary/aromatic N) is 6. The number of thioether (sulfide) groups is 1. The van der Waals surface area contributed by atoms with Gasteiger partial charge in [0.15, 0.2) is 11.0 Å². The molecule has 0 saturated carbocycles. The minimum Gasteiger partial charge on any atom is -0.347 e. The molecule has 0 N–H and O–H groups in total. The van der Waals surface area contributed by atoms with Crippen LogP contribution in [-0.2, 0) is 23.5 Å². The largest absolute Gasteiger partial charge is 0.347 e. The molecule has 2 rings (SSSR count). The van der Waals surface area contributed by atoms with Gasteiger partial charge in [0, 0.05) is 20.5 Å². The van der Waals surface area contributed by atoms with Crippen molar-refractivity contribution in [2.75, 3.05) is 14.1 Å². The molecule has 1 amide bonds. The Labute approximate surface area is 139 Å². The molecule has 0 atom stereocenters. The zero-order valence-electron chi connectivity index (χ0n) is 14.1. The van der Waals surface area contributed by atoms with Crippen molar-refractivity contribution in [2.45, 2.75) is 44.6 Å². The topological polar surface area (TPSA) is 89.9 Å². The first-order valence-corrected chi connectivity index (χ1v) is 8.39. The van der Waals surface area contributed by atoms with Gasteiger partial charge < -0.3 is 9.42 Å². The van der Waals surface area contributed by atoms with Gasteiger partial charge >= 0.3 is 0 Å². The molecule has 2 heterocycles. The number of hydrogen-bond donors (Lipinski definition) is 0. The molecule has 2 aromatic rings. The van der Waals surface area contributed by atoms with Crippen LogP contribution in [0.4, 0.5) is 0 Å². The van der Waals surface area contributed by atoms with E-state index in [-0.39, 0.29) is 12.5 Å². The van der Waals surface area contributed by atoms with Crippen LogP contribution in [0.25, 0.3) is 0 Å². The van der Waals surface area contributed by atoms with Crippen LogP contribution in [0.3, 0.4) is 0 Å². The van der Waals surface area contributed by atoms with Crippen LogP contribution in [0.5, 0.6) is 0 Å². The highest BCUT2D eigenvalue weighted by Crippen LogP contribution is 2.21. The molecule has 8 nitrogen and oxygen atoms in total. The maximum absolute atomic E-state index is 11.9. The van der Waals surface area contributed by atoms with Gasteiger partial charge in [-0.2, -0.15) is 4.98 Å². The predicted octanol–water partition coefficient (Wildman–Crippen LogP) is 1.55. The first-order valence-electron chi connectivity index (χ1n) is 7.41. The van der Waals surface area contributed by atoms with Crippen molar-refractivity contribution in [3.63, 3.8) is 0 Å². The molecule has 0 unspecified atom stereocenters. The number of likely N-dealkylation sites (N-methyl/N-ethyl adjacent to an activating group) is 1. The number of aryl methyl sites for hydroxylation is 1. The van der Waals surface area contributed by atoms with Crippen LogP contribution in [0.1, 0.15) is 31.4 Å². The van der Waals surface area contributed by atoms with E-state index in [1.54, 1.807) is 23.6 Å². The van der Waals surface area contributed by atoms with E-state index in [1.165, 1.54) is 11.8 Å². The van der Waals surface area contributed by atoms with E-state index in [4.69, 9.17) is 4.52 Å². The zero-order valence-corrected chi connectivity index (χ0v) is 14.9. The van der Waals surface area contributed by atoms with Gasteiger partial charge in [-0.15, -0.1) is 10.2 Å². The third-order valence-electron chi connectivity index (χ3n) is 3.12. The summed E-state index contributed by atoms with van der Waals surface area (Å²) in [6.07, 6.45) is 0.792. The van der Waals surface area contributed by atoms with Crippen LogP contribution in [-0.4, -0.2) is 49.8 Å². The van der Waals surface area contributed by atoms with Crippen LogP contribution in [0, 0.1) is 12.8 Å². The van der Waals surface area contributed by atoms with Crippen molar-refractivity contribution in [1.82, 2.24) is 29.8 Å². The first-order chi connectivity index (χ1) is 10.9. The lowest BCUT2D eigenvalue weighted by molar-refractivity contribution is -0.129. The molecule has 0 spiro atoms. The number of carbonyl (C=O) groups excluding carboxylic acids is 1. The van der Waals surface area contributed by atoms with Crippen LogP contribution in [0.2, 0.25) is 0 Å². The lowest BCUT2D eigenvalue weighted by atomic mass is 10.1. The predicted molar refractivity (Wildman–Crippen MR) is 85.9 cm³/mol. The summed E-state index contributed by atoms with van der Waals surface area (Å²) in [6.45, 7) is 6.26. The zero-order chi connectivity index (χ0) is 17.0. The Morgan fingerprint density at radius 1 is 1.35 bits per heavy atom. The second-order valence-electron chi connectivity index (χ2n) is 5.90. The number of carbonyl (C=O) groups is 1. The van der Waals surface area contributed by atoms with Gasteiger partial charge in [0.2, 0.25) is 11.8 Å². The lowest BCUT2D eigenvalue weighted by Crippen LogP contribution is -2.27. The average molecular weight is 338 g/mol. The molecule has 9 heteroatoms. The quantitative estimate of drug-likeness (QED) is 0.707. The Morgan fingerprint density at radius 3 is 2.74 bits per heavy atom. The molecule has 23 heavy (non-hydrogen) atoms. The highest BCUT2D eigenvalue weighted by atomic mass is 32.2. The monoisotopic (exact) mass is 338 g/mol. The summed E-state index contributed by atoms with van der Waals surface area (Å²) in [5.74, 6) is 2.95. The van der Waals surface area contributed by atoms with Gasteiger partial charge in [-0.1, -0.05) is 30.8 Å². The fraction of sp³-hybridized carbons (Fsp3) is 0.643. The van der Waals surface area contributed by atoms with E-state index in [1.807, 2.05) is 6.92 Å². The van der Waals surface area contributed by atoms with Gasteiger partial charge in [0.1, 0.15) is 12.4 Å². The van der Waals surface area contributed by atoms with E-state index < -0.39 is 0 Å². The highest BCUT2D eigenvalue weighted by molar-refractivity contribution is 7.98. The summed E-state index contributed by atoms with van der Waals surface area (Å²) >= 11 is 1.43. The summed E-state index contributed by atoms with van der Waals surface area (Å²) in [5, 5.41) is 12.8. The van der Waals surface area contributed by atoms with E-state index in [0.29, 0.717) is 28.5 Å². The standard InChI is InChI=1S/C14H22N6O2S/c1-9(2)6-11-15-12(22-18-11)8-23-14-17-16-10(3)20(14)7-13(21)19(4)5/h9H,6-8H2,1-5H3. The number of hydrogen-bond acceptors (Lipinski definition) is 7. The van der Waals surface area contributed by atoms with E-state index in [0.717, 1.165) is 12.2 Å². The van der Waals surface area contributed by atoms with Crippen molar-refractivity contribution in [2.24, 2.45) is 5.92 Å². The van der Waals surface area contributed by atoms with E-state index in [9.17, 15) is 4.79 Å². The number of amides is 1. The molecule has 2 aromatic heterocycles.